The average Bonchev–Trinajstić information content (AvgIpc) is 3.00. The normalized spacial score (nSPS) is 11.0. The summed E-state index contributed by atoms with van der Waals surface area (Å²) in [5.41, 5.74) is 4.41. The van der Waals surface area contributed by atoms with E-state index in [0.717, 1.165) is 18.4 Å². The number of imidazole rings is 1. The molecule has 0 aliphatic rings. The first kappa shape index (κ1) is 14.3. The summed E-state index contributed by atoms with van der Waals surface area (Å²) in [4.78, 5) is 15.8. The Morgan fingerprint density at radius 2 is 1.82 bits per heavy atom. The molecular weight excluding hydrogens is 276 g/mol. The first-order valence-corrected chi connectivity index (χ1v) is 7.45. The minimum atomic E-state index is -0.914. The van der Waals surface area contributed by atoms with Crippen molar-refractivity contribution in [3.8, 4) is 0 Å². The first-order valence-electron chi connectivity index (χ1n) is 7.45. The topological polar surface area (TPSA) is 54.6 Å². The number of rotatable bonds is 5. The molecule has 1 N–H and O–H groups in total. The molecule has 0 radical (unpaired) electrons. The number of aromatic nitrogens is 2. The van der Waals surface area contributed by atoms with Gasteiger partial charge in [0.1, 0.15) is 11.3 Å². The number of aromatic carboxylic acids is 1. The van der Waals surface area contributed by atoms with Crippen LogP contribution in [0.5, 0.6) is 0 Å². The molecule has 22 heavy (non-hydrogen) atoms. The maximum absolute atomic E-state index is 11.6. The van der Waals surface area contributed by atoms with E-state index < -0.39 is 5.97 Å². The highest BCUT2D eigenvalue weighted by atomic mass is 16.4. The van der Waals surface area contributed by atoms with Gasteiger partial charge in [0, 0.05) is 12.4 Å². The molecule has 0 aliphatic heterocycles. The molecule has 0 amide bonds. The Balaban J connectivity index is 1.94. The monoisotopic (exact) mass is 294 g/mol. The van der Waals surface area contributed by atoms with Gasteiger partial charge in [-0.3, -0.25) is 4.40 Å². The molecule has 112 valence electrons. The van der Waals surface area contributed by atoms with Crippen molar-refractivity contribution in [2.24, 2.45) is 0 Å². The summed E-state index contributed by atoms with van der Waals surface area (Å²) >= 11 is 0. The Labute approximate surface area is 129 Å². The van der Waals surface area contributed by atoms with Crippen molar-refractivity contribution in [1.29, 1.82) is 0 Å². The Bertz CT molecular complexity index is 821. The van der Waals surface area contributed by atoms with Crippen LogP contribution in [0.4, 0.5) is 0 Å². The molecule has 0 aliphatic carbocycles. The van der Waals surface area contributed by atoms with Crippen LogP contribution in [0.15, 0.2) is 48.8 Å². The van der Waals surface area contributed by atoms with Gasteiger partial charge < -0.3 is 5.11 Å². The fourth-order valence-electron chi connectivity index (χ4n) is 2.89. The van der Waals surface area contributed by atoms with Crippen molar-refractivity contribution in [2.45, 2.75) is 26.2 Å². The zero-order valence-corrected chi connectivity index (χ0v) is 12.5. The maximum Gasteiger partial charge on any atom is 0.353 e. The van der Waals surface area contributed by atoms with Crippen molar-refractivity contribution in [3.05, 3.63) is 71.2 Å². The molecule has 0 spiro atoms. The highest BCUT2D eigenvalue weighted by Crippen LogP contribution is 2.17. The number of nitrogens with zero attached hydrogens (tertiary/aromatic N) is 2. The fourth-order valence-corrected chi connectivity index (χ4v) is 2.89. The van der Waals surface area contributed by atoms with E-state index in [0.29, 0.717) is 17.8 Å². The van der Waals surface area contributed by atoms with E-state index >= 15 is 0 Å². The molecule has 0 unspecified atom stereocenters. The summed E-state index contributed by atoms with van der Waals surface area (Å²) in [7, 11) is 0. The molecule has 2 heterocycles. The largest absolute Gasteiger partial charge is 0.477 e. The van der Waals surface area contributed by atoms with Gasteiger partial charge in [0.25, 0.3) is 0 Å². The highest BCUT2D eigenvalue weighted by Gasteiger charge is 2.15. The number of pyridine rings is 1. The third kappa shape index (κ3) is 2.60. The highest BCUT2D eigenvalue weighted by molar-refractivity contribution is 5.88. The summed E-state index contributed by atoms with van der Waals surface area (Å²) in [5.74, 6) is -0.914. The minimum absolute atomic E-state index is 0.309. The lowest BCUT2D eigenvalue weighted by Crippen LogP contribution is -2.10. The number of carbonyl (C=O) groups is 1. The van der Waals surface area contributed by atoms with Gasteiger partial charge in [-0.2, -0.15) is 0 Å². The lowest BCUT2D eigenvalue weighted by molar-refractivity contribution is 0.0687. The lowest BCUT2D eigenvalue weighted by atomic mass is 9.98. The van der Waals surface area contributed by atoms with E-state index in [1.807, 2.05) is 24.3 Å². The first-order chi connectivity index (χ1) is 10.7. The molecule has 3 aromatic rings. The number of fused-ring (bicyclic) bond motifs is 1. The van der Waals surface area contributed by atoms with Crippen LogP contribution >= 0.6 is 0 Å². The number of carboxylic acids is 1. The molecule has 0 bridgehead atoms. The zero-order valence-electron chi connectivity index (χ0n) is 12.5. The smallest absolute Gasteiger partial charge is 0.353 e. The molecule has 2 aromatic heterocycles. The van der Waals surface area contributed by atoms with Crippen molar-refractivity contribution in [3.63, 3.8) is 0 Å². The van der Waals surface area contributed by atoms with E-state index in [1.165, 1.54) is 11.1 Å². The second-order valence-corrected chi connectivity index (χ2v) is 5.29. The van der Waals surface area contributed by atoms with Crippen LogP contribution in [0.25, 0.3) is 5.65 Å². The quantitative estimate of drug-likeness (QED) is 0.785. The van der Waals surface area contributed by atoms with E-state index in [9.17, 15) is 9.90 Å². The molecule has 0 saturated carbocycles. The summed E-state index contributed by atoms with van der Waals surface area (Å²) in [6.45, 7) is 2.14. The van der Waals surface area contributed by atoms with E-state index in [-0.39, 0.29) is 0 Å². The van der Waals surface area contributed by atoms with Gasteiger partial charge in [-0.15, -0.1) is 0 Å². The number of aryl methyl sites for hydroxylation is 3. The molecular formula is C18H18N2O2. The van der Waals surface area contributed by atoms with E-state index in [1.54, 1.807) is 16.8 Å². The second-order valence-electron chi connectivity index (χ2n) is 5.29. The zero-order chi connectivity index (χ0) is 15.5. The van der Waals surface area contributed by atoms with Crippen LogP contribution in [-0.4, -0.2) is 20.5 Å². The summed E-state index contributed by atoms with van der Waals surface area (Å²) in [5, 5.41) is 9.53. The van der Waals surface area contributed by atoms with Crippen LogP contribution < -0.4 is 0 Å². The van der Waals surface area contributed by atoms with E-state index in [4.69, 9.17) is 0 Å². The Hall–Kier alpha value is -2.62. The SMILES string of the molecule is CCc1ccccc1CCc1ccc2nccn2c1C(=O)O. The minimum Gasteiger partial charge on any atom is -0.477 e. The van der Waals surface area contributed by atoms with Gasteiger partial charge in [0.05, 0.1) is 0 Å². The van der Waals surface area contributed by atoms with Crippen molar-refractivity contribution < 1.29 is 9.90 Å². The van der Waals surface area contributed by atoms with E-state index in [2.05, 4.69) is 24.0 Å². The number of carboxylic acid groups (broad SMARTS) is 1. The Morgan fingerprint density at radius 3 is 2.55 bits per heavy atom. The van der Waals surface area contributed by atoms with Gasteiger partial charge >= 0.3 is 5.97 Å². The van der Waals surface area contributed by atoms with Gasteiger partial charge in [0.2, 0.25) is 0 Å². The third-order valence-corrected chi connectivity index (χ3v) is 4.01. The second kappa shape index (κ2) is 6.02. The van der Waals surface area contributed by atoms with Gasteiger partial charge in [-0.25, -0.2) is 9.78 Å². The predicted molar refractivity (Wildman–Crippen MR) is 85.4 cm³/mol. The number of benzene rings is 1. The molecule has 0 saturated heterocycles. The lowest BCUT2D eigenvalue weighted by Gasteiger charge is -2.11. The van der Waals surface area contributed by atoms with Crippen molar-refractivity contribution in [2.75, 3.05) is 0 Å². The Morgan fingerprint density at radius 1 is 1.09 bits per heavy atom. The van der Waals surface area contributed by atoms with Crippen LogP contribution in [0.1, 0.15) is 34.1 Å². The summed E-state index contributed by atoms with van der Waals surface area (Å²) in [6, 6.07) is 12.1. The van der Waals surface area contributed by atoms with Crippen LogP contribution in [0.3, 0.4) is 0 Å². The standard InChI is InChI=1S/C18H18N2O2/c1-2-13-5-3-4-6-14(13)7-8-15-9-10-16-19-11-12-20(16)17(15)18(21)22/h3-6,9-12H,2,7-8H2,1H3,(H,21,22). The maximum atomic E-state index is 11.6. The van der Waals surface area contributed by atoms with Gasteiger partial charge in [-0.05, 0) is 42.0 Å². The van der Waals surface area contributed by atoms with Gasteiger partial charge in [-0.1, -0.05) is 37.3 Å². The van der Waals surface area contributed by atoms with Crippen LogP contribution in [0, 0.1) is 0 Å². The summed E-state index contributed by atoms with van der Waals surface area (Å²) in [6.07, 6.45) is 5.85. The fraction of sp³-hybridized carbons (Fsp3) is 0.222. The predicted octanol–water partition coefficient (Wildman–Crippen LogP) is 3.38. The molecule has 0 fully saturated rings. The summed E-state index contributed by atoms with van der Waals surface area (Å²) < 4.78 is 1.64. The molecule has 3 rings (SSSR count). The third-order valence-electron chi connectivity index (χ3n) is 4.01. The van der Waals surface area contributed by atoms with Gasteiger partial charge in [0.15, 0.2) is 0 Å². The molecule has 4 nitrogen and oxygen atoms in total. The number of hydrogen-bond donors (Lipinski definition) is 1. The molecule has 4 heteroatoms. The van der Waals surface area contributed by atoms with Crippen molar-refractivity contribution in [1.82, 2.24) is 9.38 Å². The molecule has 1 aromatic carbocycles. The van der Waals surface area contributed by atoms with Crippen molar-refractivity contribution >= 4 is 11.6 Å². The average molecular weight is 294 g/mol. The van der Waals surface area contributed by atoms with Crippen LogP contribution in [0.2, 0.25) is 0 Å². The Kier molecular flexibility index (Phi) is 3.92. The molecule has 0 atom stereocenters. The number of hydrogen-bond acceptors (Lipinski definition) is 2. The van der Waals surface area contributed by atoms with Crippen LogP contribution in [-0.2, 0) is 19.3 Å².